The number of hydrogen-bond donors (Lipinski definition) is 1. The molecule has 0 saturated heterocycles. The first kappa shape index (κ1) is 23.8. The molecule has 0 aromatic heterocycles. The molecule has 34 heavy (non-hydrogen) atoms. The largest absolute Gasteiger partial charge is 0.445 e. The van der Waals surface area contributed by atoms with Gasteiger partial charge in [-0.2, -0.15) is 0 Å². The van der Waals surface area contributed by atoms with Crippen molar-refractivity contribution in [2.24, 2.45) is 0 Å². The number of carbonyl (C=O) groups is 1. The Kier molecular flexibility index (Phi) is 8.53. The van der Waals surface area contributed by atoms with Crippen LogP contribution in [0.25, 0.3) is 11.6 Å². The summed E-state index contributed by atoms with van der Waals surface area (Å²) in [7, 11) is 0. The van der Waals surface area contributed by atoms with Crippen LogP contribution in [0.5, 0.6) is 0 Å². The Morgan fingerprint density at radius 3 is 2.24 bits per heavy atom. The van der Waals surface area contributed by atoms with E-state index >= 15 is 0 Å². The standard InChI is InChI=1S/C30H33NO3/c1-23-10-8-9-15-29(23)26(20-24-11-4-2-5-12-24)22-33-28-18-16-27(17-19-28)31-30(32)34-21-25-13-6-3-7-14-25/h2-15,20,27-28H,16-19,21-22H2,1H3,(H,31,32)/b26-20-. The molecule has 1 amide bonds. The highest BCUT2D eigenvalue weighted by Gasteiger charge is 2.24. The van der Waals surface area contributed by atoms with E-state index in [1.165, 1.54) is 22.3 Å². The van der Waals surface area contributed by atoms with Gasteiger partial charge in [-0.1, -0.05) is 84.9 Å². The Hall–Kier alpha value is -3.37. The van der Waals surface area contributed by atoms with Crippen LogP contribution in [0.15, 0.2) is 84.9 Å². The molecule has 1 aliphatic rings. The number of ether oxygens (including phenoxy) is 2. The van der Waals surface area contributed by atoms with Crippen molar-refractivity contribution in [1.82, 2.24) is 5.32 Å². The molecule has 0 spiro atoms. The van der Waals surface area contributed by atoms with Crippen LogP contribution in [-0.4, -0.2) is 24.8 Å². The first-order chi connectivity index (χ1) is 16.7. The summed E-state index contributed by atoms with van der Waals surface area (Å²) in [5.41, 5.74) is 5.82. The lowest BCUT2D eigenvalue weighted by atomic mass is 9.93. The minimum Gasteiger partial charge on any atom is -0.445 e. The van der Waals surface area contributed by atoms with E-state index in [1.807, 2.05) is 36.4 Å². The highest BCUT2D eigenvalue weighted by Crippen LogP contribution is 2.26. The van der Waals surface area contributed by atoms with Gasteiger partial charge in [0.2, 0.25) is 0 Å². The van der Waals surface area contributed by atoms with Crippen molar-refractivity contribution in [3.05, 3.63) is 107 Å². The Bertz CT molecular complexity index is 1070. The van der Waals surface area contributed by atoms with Crippen molar-refractivity contribution in [3.8, 4) is 0 Å². The van der Waals surface area contributed by atoms with E-state index in [-0.39, 0.29) is 18.2 Å². The fraction of sp³-hybridized carbons (Fsp3) is 0.300. The maximum Gasteiger partial charge on any atom is 0.407 e. The van der Waals surface area contributed by atoms with E-state index in [0.29, 0.717) is 13.2 Å². The molecule has 0 atom stereocenters. The van der Waals surface area contributed by atoms with Crippen LogP contribution in [0.1, 0.15) is 47.9 Å². The van der Waals surface area contributed by atoms with E-state index in [9.17, 15) is 4.79 Å². The minimum atomic E-state index is -0.346. The molecule has 4 nitrogen and oxygen atoms in total. The third kappa shape index (κ3) is 7.06. The summed E-state index contributed by atoms with van der Waals surface area (Å²) in [4.78, 5) is 12.2. The molecule has 0 radical (unpaired) electrons. The van der Waals surface area contributed by atoms with Crippen LogP contribution in [0, 0.1) is 6.92 Å². The average molecular weight is 456 g/mol. The highest BCUT2D eigenvalue weighted by atomic mass is 16.5. The van der Waals surface area contributed by atoms with Gasteiger partial charge in [0.15, 0.2) is 0 Å². The van der Waals surface area contributed by atoms with Crippen LogP contribution < -0.4 is 5.32 Å². The summed E-state index contributed by atoms with van der Waals surface area (Å²) in [6.07, 6.45) is 5.72. The second-order valence-corrected chi connectivity index (χ2v) is 8.89. The van der Waals surface area contributed by atoms with Gasteiger partial charge in [0, 0.05) is 6.04 Å². The van der Waals surface area contributed by atoms with Gasteiger partial charge in [-0.3, -0.25) is 0 Å². The second kappa shape index (κ2) is 12.2. The van der Waals surface area contributed by atoms with E-state index in [1.54, 1.807) is 0 Å². The minimum absolute atomic E-state index is 0.138. The molecule has 3 aromatic carbocycles. The summed E-state index contributed by atoms with van der Waals surface area (Å²) in [6.45, 7) is 3.00. The number of hydrogen-bond acceptors (Lipinski definition) is 3. The molecule has 1 aliphatic carbocycles. The highest BCUT2D eigenvalue weighted by molar-refractivity contribution is 5.83. The van der Waals surface area contributed by atoms with Crippen LogP contribution >= 0.6 is 0 Å². The fourth-order valence-corrected chi connectivity index (χ4v) is 4.39. The van der Waals surface area contributed by atoms with E-state index < -0.39 is 0 Å². The lowest BCUT2D eigenvalue weighted by molar-refractivity contribution is 0.0418. The zero-order chi connectivity index (χ0) is 23.6. The first-order valence-electron chi connectivity index (χ1n) is 12.1. The Morgan fingerprint density at radius 1 is 0.882 bits per heavy atom. The molecule has 0 heterocycles. The molecule has 1 fully saturated rings. The molecule has 3 aromatic rings. The van der Waals surface area contributed by atoms with Crippen molar-refractivity contribution >= 4 is 17.7 Å². The molecule has 0 aliphatic heterocycles. The molecule has 0 bridgehead atoms. The number of amides is 1. The van der Waals surface area contributed by atoms with Crippen molar-refractivity contribution in [1.29, 1.82) is 0 Å². The Balaban J connectivity index is 1.27. The lowest BCUT2D eigenvalue weighted by Crippen LogP contribution is -2.39. The van der Waals surface area contributed by atoms with Crippen LogP contribution in [0.4, 0.5) is 4.79 Å². The van der Waals surface area contributed by atoms with Gasteiger partial charge in [0.05, 0.1) is 12.7 Å². The number of carbonyl (C=O) groups excluding carboxylic acids is 1. The lowest BCUT2D eigenvalue weighted by Gasteiger charge is -2.29. The van der Waals surface area contributed by atoms with E-state index in [2.05, 4.69) is 66.8 Å². The number of alkyl carbamates (subject to hydrolysis) is 1. The van der Waals surface area contributed by atoms with Gasteiger partial charge in [-0.25, -0.2) is 4.79 Å². The maximum absolute atomic E-state index is 12.2. The topological polar surface area (TPSA) is 47.6 Å². The molecule has 0 unspecified atom stereocenters. The SMILES string of the molecule is Cc1ccccc1/C(=C\c1ccccc1)COC1CCC(NC(=O)OCc2ccccc2)CC1. The van der Waals surface area contributed by atoms with Crippen molar-refractivity contribution in [2.75, 3.05) is 6.61 Å². The van der Waals surface area contributed by atoms with Gasteiger partial charge in [-0.05, 0) is 66.5 Å². The molecule has 1 saturated carbocycles. The summed E-state index contributed by atoms with van der Waals surface area (Å²) in [5.74, 6) is 0. The summed E-state index contributed by atoms with van der Waals surface area (Å²) in [6, 6.07) is 28.7. The fourth-order valence-electron chi connectivity index (χ4n) is 4.39. The summed E-state index contributed by atoms with van der Waals surface area (Å²) < 4.78 is 11.7. The van der Waals surface area contributed by atoms with Crippen LogP contribution in [-0.2, 0) is 16.1 Å². The summed E-state index contributed by atoms with van der Waals surface area (Å²) in [5, 5.41) is 3.01. The predicted octanol–water partition coefficient (Wildman–Crippen LogP) is 6.79. The Morgan fingerprint density at radius 2 is 1.53 bits per heavy atom. The maximum atomic E-state index is 12.2. The quantitative estimate of drug-likeness (QED) is 0.380. The monoisotopic (exact) mass is 455 g/mol. The van der Waals surface area contributed by atoms with Gasteiger partial charge < -0.3 is 14.8 Å². The second-order valence-electron chi connectivity index (χ2n) is 8.89. The first-order valence-corrected chi connectivity index (χ1v) is 12.1. The molecule has 4 heteroatoms. The van der Waals surface area contributed by atoms with Gasteiger partial charge in [0.1, 0.15) is 6.61 Å². The normalized spacial score (nSPS) is 18.3. The third-order valence-electron chi connectivity index (χ3n) is 6.31. The molecule has 176 valence electrons. The van der Waals surface area contributed by atoms with Gasteiger partial charge >= 0.3 is 6.09 Å². The van der Waals surface area contributed by atoms with E-state index in [0.717, 1.165) is 31.2 Å². The smallest absolute Gasteiger partial charge is 0.407 e. The molecule has 1 N–H and O–H groups in total. The van der Waals surface area contributed by atoms with Gasteiger partial charge in [0.25, 0.3) is 0 Å². The molecular weight excluding hydrogens is 422 g/mol. The zero-order valence-electron chi connectivity index (χ0n) is 19.8. The van der Waals surface area contributed by atoms with Gasteiger partial charge in [-0.15, -0.1) is 0 Å². The average Bonchev–Trinajstić information content (AvgIpc) is 2.88. The Labute approximate surface area is 202 Å². The third-order valence-corrected chi connectivity index (χ3v) is 6.31. The van der Waals surface area contributed by atoms with E-state index in [4.69, 9.17) is 9.47 Å². The van der Waals surface area contributed by atoms with Crippen LogP contribution in [0.2, 0.25) is 0 Å². The predicted molar refractivity (Wildman–Crippen MR) is 137 cm³/mol. The summed E-state index contributed by atoms with van der Waals surface area (Å²) >= 11 is 0. The van der Waals surface area contributed by atoms with Crippen molar-refractivity contribution in [3.63, 3.8) is 0 Å². The molecular formula is C30H33NO3. The molecule has 4 rings (SSSR count). The number of nitrogens with one attached hydrogen (secondary N) is 1. The number of benzene rings is 3. The number of rotatable bonds is 8. The van der Waals surface area contributed by atoms with Crippen molar-refractivity contribution < 1.29 is 14.3 Å². The van der Waals surface area contributed by atoms with Crippen molar-refractivity contribution in [2.45, 2.75) is 51.4 Å². The van der Waals surface area contributed by atoms with Crippen LogP contribution in [0.3, 0.4) is 0 Å². The number of aryl methyl sites for hydroxylation is 1. The zero-order valence-corrected chi connectivity index (χ0v) is 19.8.